The molecule has 228 valence electrons. The van der Waals surface area contributed by atoms with E-state index in [9.17, 15) is 4.79 Å². The van der Waals surface area contributed by atoms with E-state index in [1.807, 2.05) is 0 Å². The van der Waals surface area contributed by atoms with Gasteiger partial charge in [-0.2, -0.15) is 0 Å². The van der Waals surface area contributed by atoms with Gasteiger partial charge in [0.15, 0.2) is 11.5 Å². The number of epoxide rings is 2. The van der Waals surface area contributed by atoms with E-state index in [4.69, 9.17) is 43.0 Å². The molecule has 3 fully saturated rings. The summed E-state index contributed by atoms with van der Waals surface area (Å²) in [4.78, 5) is 13.0. The van der Waals surface area contributed by atoms with Gasteiger partial charge in [0.1, 0.15) is 30.0 Å². The van der Waals surface area contributed by atoms with Crippen molar-refractivity contribution in [3.63, 3.8) is 0 Å². The minimum absolute atomic E-state index is 0.0406. The molecule has 10 heteroatoms. The molecule has 2 aliphatic heterocycles. The molecule has 1 spiro atoms. The molecule has 6 atom stereocenters. The average Bonchev–Trinajstić information content (AvgIpc) is 3.88. The zero-order chi connectivity index (χ0) is 29.6. The lowest BCUT2D eigenvalue weighted by atomic mass is 9.68. The van der Waals surface area contributed by atoms with Gasteiger partial charge < -0.3 is 43.0 Å². The Balaban J connectivity index is 1.42. The molecule has 3 aliphatic rings. The molecule has 0 amide bonds. The molecule has 1 aliphatic carbocycles. The summed E-state index contributed by atoms with van der Waals surface area (Å²) in [7, 11) is 4.72. The second-order valence-corrected chi connectivity index (χ2v) is 11.1. The molecule has 0 aromatic heterocycles. The van der Waals surface area contributed by atoms with Gasteiger partial charge in [0.25, 0.3) is 0 Å². The maximum absolute atomic E-state index is 13.0. The zero-order valence-corrected chi connectivity index (χ0v) is 25.0. The van der Waals surface area contributed by atoms with Crippen molar-refractivity contribution < 1.29 is 47.8 Å². The Bertz CT molecular complexity index is 1080. The van der Waals surface area contributed by atoms with Gasteiger partial charge in [-0.25, -0.2) is 4.79 Å². The van der Waals surface area contributed by atoms with Gasteiger partial charge in [0, 0.05) is 13.2 Å². The molecular weight excluding hydrogens is 532 g/mol. The van der Waals surface area contributed by atoms with E-state index < -0.39 is 17.7 Å². The third-order valence-electron chi connectivity index (χ3n) is 8.11. The Labute approximate surface area is 242 Å². The molecule has 1 N–H and O–H groups in total. The summed E-state index contributed by atoms with van der Waals surface area (Å²) in [6, 6.07) is 3.49. The van der Waals surface area contributed by atoms with Gasteiger partial charge in [-0.3, -0.25) is 0 Å². The van der Waals surface area contributed by atoms with Crippen molar-refractivity contribution in [1.82, 2.24) is 0 Å². The van der Waals surface area contributed by atoms with E-state index >= 15 is 0 Å². The van der Waals surface area contributed by atoms with Crippen LogP contribution in [0.5, 0.6) is 17.2 Å². The summed E-state index contributed by atoms with van der Waals surface area (Å²) < 4.78 is 46.2. The quantitative estimate of drug-likeness (QED) is 0.109. The Morgan fingerprint density at radius 3 is 2.41 bits per heavy atom. The molecule has 0 unspecified atom stereocenters. The highest BCUT2D eigenvalue weighted by atomic mass is 16.6. The van der Waals surface area contributed by atoms with E-state index in [0.717, 1.165) is 12.8 Å². The van der Waals surface area contributed by atoms with E-state index in [2.05, 4.69) is 26.8 Å². The lowest BCUT2D eigenvalue weighted by Crippen LogP contribution is -2.55. The number of methoxy groups -OCH3 is 3. The fraction of sp³-hybridized carbons (Fsp3) is 0.645. The van der Waals surface area contributed by atoms with Crippen LogP contribution < -0.4 is 14.2 Å². The Morgan fingerprint density at radius 1 is 1.12 bits per heavy atom. The summed E-state index contributed by atoms with van der Waals surface area (Å²) in [5.74, 6) is 0.814. The number of ether oxygens (including phenoxy) is 8. The minimum Gasteiger partial charge on any atom is -0.493 e. The predicted octanol–water partition coefficient (Wildman–Crippen LogP) is 3.72. The standard InChI is InChI=1S/C31H44O10/c1-20(2)7-9-25-30(3,41-25)29-28(36-6)22(11-12-31(29)19-39-31)40-26(33)10-8-21-17-23(34-4)27(24(18-21)35-5)38-16-15-37-14-13-32/h7-8,10,17-18,22,25,28-29,32H,9,11-16,19H2,1-6H3/b10-8+/t22-,25+,28-,29-,30-,31+/m1/s1. The molecule has 0 radical (unpaired) electrons. The highest BCUT2D eigenvalue weighted by Crippen LogP contribution is 2.59. The van der Waals surface area contributed by atoms with Crippen LogP contribution >= 0.6 is 0 Å². The van der Waals surface area contributed by atoms with Crippen molar-refractivity contribution in [2.75, 3.05) is 54.4 Å². The first-order valence-electron chi connectivity index (χ1n) is 14.2. The van der Waals surface area contributed by atoms with Crippen molar-refractivity contribution >= 4 is 12.0 Å². The third kappa shape index (κ3) is 7.24. The van der Waals surface area contributed by atoms with Gasteiger partial charge in [0.05, 0.1) is 52.7 Å². The second-order valence-electron chi connectivity index (χ2n) is 11.1. The Kier molecular flexibility index (Phi) is 10.4. The maximum atomic E-state index is 13.0. The second kappa shape index (κ2) is 13.6. The zero-order valence-electron chi connectivity index (χ0n) is 25.0. The summed E-state index contributed by atoms with van der Waals surface area (Å²) in [5.41, 5.74) is 1.25. The van der Waals surface area contributed by atoms with Gasteiger partial charge in [0.2, 0.25) is 5.75 Å². The highest BCUT2D eigenvalue weighted by molar-refractivity contribution is 5.87. The SMILES string of the molecule is COc1cc(/C=C/C(=O)O[C@@H]2CC[C@]3(CO3)[C@@H]([C@]3(C)O[C@H]3CC=C(C)C)[C@@H]2OC)cc(OC)c1OCCOCCO. The van der Waals surface area contributed by atoms with Crippen LogP contribution in [0.3, 0.4) is 0 Å². The number of carbonyl (C=O) groups is 1. The van der Waals surface area contributed by atoms with Crippen LogP contribution in [0.4, 0.5) is 0 Å². The molecule has 4 rings (SSSR count). The molecule has 1 aromatic carbocycles. The van der Waals surface area contributed by atoms with Gasteiger partial charge in [-0.15, -0.1) is 0 Å². The van der Waals surface area contributed by atoms with Crippen LogP contribution in [0, 0.1) is 5.92 Å². The Hall–Kier alpha value is -2.63. The number of aliphatic hydroxyl groups is 1. The van der Waals surface area contributed by atoms with Gasteiger partial charge in [-0.05, 0) is 63.8 Å². The third-order valence-corrected chi connectivity index (χ3v) is 8.11. The minimum atomic E-state index is -0.467. The molecule has 2 heterocycles. The van der Waals surface area contributed by atoms with Crippen molar-refractivity contribution in [3.8, 4) is 17.2 Å². The summed E-state index contributed by atoms with van der Waals surface area (Å²) in [5, 5.41) is 8.83. The number of aliphatic hydroxyl groups excluding tert-OH is 1. The van der Waals surface area contributed by atoms with Crippen LogP contribution in [-0.4, -0.2) is 95.0 Å². The normalized spacial score (nSPS) is 30.2. The van der Waals surface area contributed by atoms with Crippen LogP contribution in [0.15, 0.2) is 29.9 Å². The van der Waals surface area contributed by atoms with Crippen LogP contribution in [0.2, 0.25) is 0 Å². The number of hydrogen-bond donors (Lipinski definition) is 1. The fourth-order valence-corrected chi connectivity index (χ4v) is 5.93. The summed E-state index contributed by atoms with van der Waals surface area (Å²) in [6.07, 6.45) is 6.83. The van der Waals surface area contributed by atoms with Crippen molar-refractivity contribution in [1.29, 1.82) is 0 Å². The predicted molar refractivity (Wildman–Crippen MR) is 151 cm³/mol. The van der Waals surface area contributed by atoms with Crippen LogP contribution in [0.1, 0.15) is 45.6 Å². The number of rotatable bonds is 15. The number of esters is 1. The smallest absolute Gasteiger partial charge is 0.331 e. The summed E-state index contributed by atoms with van der Waals surface area (Å²) in [6.45, 7) is 7.70. The van der Waals surface area contributed by atoms with E-state index in [1.165, 1.54) is 25.9 Å². The first-order chi connectivity index (χ1) is 19.7. The molecule has 41 heavy (non-hydrogen) atoms. The first-order valence-corrected chi connectivity index (χ1v) is 14.2. The van der Waals surface area contributed by atoms with Gasteiger partial charge in [-0.1, -0.05) is 11.6 Å². The lowest BCUT2D eigenvalue weighted by molar-refractivity contribution is -0.166. The first kappa shape index (κ1) is 31.3. The van der Waals surface area contributed by atoms with E-state index in [0.29, 0.717) is 42.4 Å². The molecular formula is C31H44O10. The largest absolute Gasteiger partial charge is 0.493 e. The van der Waals surface area contributed by atoms with Crippen LogP contribution in [0.25, 0.3) is 6.08 Å². The molecule has 10 nitrogen and oxygen atoms in total. The average molecular weight is 577 g/mol. The number of allylic oxidation sites excluding steroid dienone is 1. The topological polar surface area (TPSA) is 118 Å². The molecule has 2 saturated heterocycles. The molecule has 1 aromatic rings. The van der Waals surface area contributed by atoms with E-state index in [1.54, 1.807) is 25.3 Å². The van der Waals surface area contributed by atoms with Crippen molar-refractivity contribution in [2.45, 2.75) is 69.5 Å². The van der Waals surface area contributed by atoms with E-state index in [-0.39, 0.29) is 43.5 Å². The maximum Gasteiger partial charge on any atom is 0.331 e. The number of carbonyl (C=O) groups excluding carboxylic acids is 1. The van der Waals surface area contributed by atoms with Crippen molar-refractivity contribution in [3.05, 3.63) is 35.4 Å². The lowest BCUT2D eigenvalue weighted by Gasteiger charge is -2.42. The Morgan fingerprint density at radius 2 is 1.83 bits per heavy atom. The molecule has 0 bridgehead atoms. The van der Waals surface area contributed by atoms with Crippen LogP contribution in [-0.2, 0) is 28.5 Å². The number of hydrogen-bond acceptors (Lipinski definition) is 10. The summed E-state index contributed by atoms with van der Waals surface area (Å²) >= 11 is 0. The highest BCUT2D eigenvalue weighted by Gasteiger charge is 2.72. The fourth-order valence-electron chi connectivity index (χ4n) is 5.93. The number of benzene rings is 1. The monoisotopic (exact) mass is 576 g/mol. The molecule has 1 saturated carbocycles. The van der Waals surface area contributed by atoms with Crippen molar-refractivity contribution in [2.24, 2.45) is 5.92 Å². The van der Waals surface area contributed by atoms with Gasteiger partial charge >= 0.3 is 5.97 Å².